The third-order valence-corrected chi connectivity index (χ3v) is 10.7. The van der Waals surface area contributed by atoms with Crippen LogP contribution in [0.2, 0.25) is 0 Å². The van der Waals surface area contributed by atoms with E-state index in [2.05, 4.69) is 34.4 Å². The Morgan fingerprint density at radius 1 is 1.08 bits per heavy atom. The van der Waals surface area contributed by atoms with E-state index in [1.54, 1.807) is 0 Å². The summed E-state index contributed by atoms with van der Waals surface area (Å²) < 4.78 is 61.8. The van der Waals surface area contributed by atoms with Gasteiger partial charge in [-0.3, -0.25) is 32.5 Å². The van der Waals surface area contributed by atoms with Gasteiger partial charge in [0.2, 0.25) is 11.8 Å². The Labute approximate surface area is 293 Å². The normalized spacial score (nSPS) is 22.6. The van der Waals surface area contributed by atoms with Crippen LogP contribution >= 0.6 is 35.2 Å². The number of thioether (sulfide) groups is 1. The van der Waals surface area contributed by atoms with Crippen LogP contribution in [0.1, 0.15) is 33.4 Å². The molecule has 2 amide bonds. The number of carbonyl (C=O) groups is 3. The van der Waals surface area contributed by atoms with E-state index in [4.69, 9.17) is 19.5 Å². The van der Waals surface area contributed by atoms with Crippen molar-refractivity contribution in [1.82, 2.24) is 30.2 Å². The summed E-state index contributed by atoms with van der Waals surface area (Å²) in [4.78, 5) is 85.9. The SMILES string of the molecule is CC(=O)SCCNC(=O)CCNC(=O)C(O)C(C)(C)COP(=O)(O)OP(=O)(O)OC[C@@H]1O[C@H](n2cnc3c(N)ncnc32)[C@@H](O)[C@H]1OP(=O)(O)O. The van der Waals surface area contributed by atoms with Gasteiger partial charge in [-0.25, -0.2) is 28.6 Å². The molecule has 1 saturated heterocycles. The lowest BCUT2D eigenvalue weighted by molar-refractivity contribution is -0.137. The first kappa shape index (κ1) is 43.0. The number of rotatable bonds is 19. The van der Waals surface area contributed by atoms with Crippen molar-refractivity contribution in [3.05, 3.63) is 12.7 Å². The molecule has 2 aromatic heterocycles. The summed E-state index contributed by atoms with van der Waals surface area (Å²) in [6.45, 7) is 1.90. The van der Waals surface area contributed by atoms with Gasteiger partial charge in [0, 0.05) is 37.6 Å². The molecule has 28 heteroatoms. The van der Waals surface area contributed by atoms with Gasteiger partial charge in [0.15, 0.2) is 22.8 Å². The van der Waals surface area contributed by atoms with E-state index in [0.29, 0.717) is 5.75 Å². The maximum absolute atomic E-state index is 12.6. The molecule has 0 aromatic carbocycles. The molecule has 0 spiro atoms. The average molecular weight is 810 g/mol. The van der Waals surface area contributed by atoms with Crippen LogP contribution in [-0.2, 0) is 50.7 Å². The van der Waals surface area contributed by atoms with Crippen LogP contribution in [-0.4, -0.2) is 123 Å². The van der Waals surface area contributed by atoms with Crippen LogP contribution in [0.25, 0.3) is 11.2 Å². The Hall–Kier alpha value is -2.44. The van der Waals surface area contributed by atoms with Gasteiger partial charge in [-0.15, -0.1) is 0 Å². The molecule has 1 aliphatic heterocycles. The number of nitrogens with zero attached hydrogens (tertiary/aromatic N) is 4. The number of anilines is 1. The van der Waals surface area contributed by atoms with E-state index in [9.17, 15) is 57.9 Å². The second-order valence-electron chi connectivity index (χ2n) is 11.4. The fraction of sp³-hybridized carbons (Fsp3) is 0.652. The van der Waals surface area contributed by atoms with Crippen molar-refractivity contribution >= 4 is 69.1 Å². The van der Waals surface area contributed by atoms with E-state index in [-0.39, 0.29) is 41.6 Å². The lowest BCUT2D eigenvalue weighted by Crippen LogP contribution is -2.46. The molecule has 3 unspecified atom stereocenters. The van der Waals surface area contributed by atoms with Gasteiger partial charge < -0.3 is 50.9 Å². The zero-order valence-corrected chi connectivity index (χ0v) is 30.6. The highest BCUT2D eigenvalue weighted by atomic mass is 32.2. The van der Waals surface area contributed by atoms with Crippen molar-refractivity contribution in [2.75, 3.05) is 37.8 Å². The van der Waals surface area contributed by atoms with Crippen molar-refractivity contribution in [1.29, 1.82) is 0 Å². The third-order valence-electron chi connectivity index (χ3n) is 6.81. The van der Waals surface area contributed by atoms with Gasteiger partial charge in [-0.05, 0) is 0 Å². The number of phosphoric ester groups is 3. The van der Waals surface area contributed by atoms with Crippen LogP contribution in [0.3, 0.4) is 0 Å². The molecule has 1 fully saturated rings. The maximum Gasteiger partial charge on any atom is 0.481 e. The van der Waals surface area contributed by atoms with Gasteiger partial charge in [-0.1, -0.05) is 25.6 Å². The minimum absolute atomic E-state index is 0.0310. The fourth-order valence-electron chi connectivity index (χ4n) is 4.32. The molecule has 0 saturated carbocycles. The second-order valence-corrected chi connectivity index (χ2v) is 16.9. The Kier molecular flexibility index (Phi) is 14.8. The minimum Gasteiger partial charge on any atom is -0.386 e. The quantitative estimate of drug-likeness (QED) is 0.0587. The van der Waals surface area contributed by atoms with Gasteiger partial charge in [-0.2, -0.15) is 4.31 Å². The zero-order chi connectivity index (χ0) is 38.4. The van der Waals surface area contributed by atoms with Crippen molar-refractivity contribution in [2.24, 2.45) is 5.41 Å². The number of nitrogens with one attached hydrogen (secondary N) is 2. The first-order valence-electron chi connectivity index (χ1n) is 14.5. The molecule has 288 valence electrons. The predicted octanol–water partition coefficient (Wildman–Crippen LogP) is -1.32. The Morgan fingerprint density at radius 3 is 2.39 bits per heavy atom. The molecule has 0 radical (unpaired) electrons. The van der Waals surface area contributed by atoms with Crippen LogP contribution < -0.4 is 16.4 Å². The molecule has 10 N–H and O–H groups in total. The summed E-state index contributed by atoms with van der Waals surface area (Å²) in [6.07, 6.45) is -6.88. The van der Waals surface area contributed by atoms with Crippen molar-refractivity contribution in [3.8, 4) is 0 Å². The van der Waals surface area contributed by atoms with E-state index in [1.165, 1.54) is 20.8 Å². The van der Waals surface area contributed by atoms with Crippen LogP contribution in [0.15, 0.2) is 12.7 Å². The lowest BCUT2D eigenvalue weighted by atomic mass is 9.87. The summed E-state index contributed by atoms with van der Waals surface area (Å²) >= 11 is 1.03. The zero-order valence-electron chi connectivity index (χ0n) is 27.1. The number of amides is 2. The summed E-state index contributed by atoms with van der Waals surface area (Å²) in [5.74, 6) is -1.08. The monoisotopic (exact) mass is 809 g/mol. The number of fused-ring (bicyclic) bond motifs is 1. The summed E-state index contributed by atoms with van der Waals surface area (Å²) in [6, 6.07) is 0. The van der Waals surface area contributed by atoms with Gasteiger partial charge in [0.05, 0.1) is 19.5 Å². The first-order chi connectivity index (χ1) is 23.5. The average Bonchev–Trinajstić information content (AvgIpc) is 3.57. The number of phosphoric acid groups is 3. The van der Waals surface area contributed by atoms with E-state index >= 15 is 0 Å². The number of aliphatic hydroxyl groups excluding tert-OH is 2. The lowest BCUT2D eigenvalue weighted by Gasteiger charge is -2.30. The molecule has 51 heavy (non-hydrogen) atoms. The van der Waals surface area contributed by atoms with E-state index < -0.39 is 84.6 Å². The van der Waals surface area contributed by atoms with Crippen LogP contribution in [0.4, 0.5) is 5.82 Å². The van der Waals surface area contributed by atoms with Gasteiger partial charge in [0.1, 0.15) is 36.3 Å². The van der Waals surface area contributed by atoms with Crippen LogP contribution in [0.5, 0.6) is 0 Å². The number of carbonyl (C=O) groups excluding carboxylic acids is 3. The fourth-order valence-corrected chi connectivity index (χ4v) is 7.65. The summed E-state index contributed by atoms with van der Waals surface area (Å²) in [5, 5.41) is 26.1. The number of aliphatic hydroxyl groups is 2. The third kappa shape index (κ3) is 12.9. The molecule has 1 aliphatic rings. The molecule has 3 heterocycles. The van der Waals surface area contributed by atoms with Crippen LogP contribution in [0, 0.1) is 5.41 Å². The summed E-state index contributed by atoms with van der Waals surface area (Å²) in [5.41, 5.74) is 4.26. The molecule has 0 aliphatic carbocycles. The highest BCUT2D eigenvalue weighted by Gasteiger charge is 2.50. The number of aromatic nitrogens is 4. The molecule has 3 rings (SSSR count). The Morgan fingerprint density at radius 2 is 1.75 bits per heavy atom. The van der Waals surface area contributed by atoms with E-state index in [0.717, 1.165) is 29.0 Å². The number of hydrogen-bond donors (Lipinski definition) is 9. The first-order valence-corrected chi connectivity index (χ1v) is 20.0. The Bertz CT molecular complexity index is 1710. The highest BCUT2D eigenvalue weighted by molar-refractivity contribution is 8.13. The molecule has 24 nitrogen and oxygen atoms in total. The van der Waals surface area contributed by atoms with E-state index in [1.807, 2.05) is 0 Å². The largest absolute Gasteiger partial charge is 0.481 e. The molecule has 2 aromatic rings. The van der Waals surface area contributed by atoms with Gasteiger partial charge >= 0.3 is 23.5 Å². The minimum atomic E-state index is -5.56. The number of ether oxygens (including phenoxy) is 1. The molecule has 0 bridgehead atoms. The number of nitrogen functional groups attached to an aromatic ring is 1. The van der Waals surface area contributed by atoms with Gasteiger partial charge in [0.25, 0.3) is 0 Å². The molecular formula is C23H38N7O17P3S. The predicted molar refractivity (Wildman–Crippen MR) is 173 cm³/mol. The summed E-state index contributed by atoms with van der Waals surface area (Å²) in [7, 11) is -16.4. The highest BCUT2D eigenvalue weighted by Crippen LogP contribution is 2.61. The van der Waals surface area contributed by atoms with Crippen molar-refractivity contribution in [3.63, 3.8) is 0 Å². The second kappa shape index (κ2) is 17.6. The molecular weight excluding hydrogens is 771 g/mol. The standard InChI is InChI=1S/C23H38N7O17P3S/c1-12(31)51-7-6-25-14(32)4-5-26-21(35)18(34)23(2,3)9-44-50(41,42)47-49(39,40)43-8-13-17(46-48(36,37)38)16(33)22(45-13)30-11-29-15-19(24)27-10-28-20(15)30/h10-11,13,16-18,22,33-34H,4-9H2,1-3H3,(H,25,32)(H,26,35)(H,39,40)(H,41,42)(H2,24,27,28)(H2,36,37,38)/t13-,16-,17-,18?,22-/m0/s1. The number of imidazole rings is 1. The number of nitrogens with two attached hydrogens (primary N) is 1. The number of hydrogen-bond acceptors (Lipinski definition) is 18. The van der Waals surface area contributed by atoms with Crippen molar-refractivity contribution < 1.29 is 80.5 Å². The Balaban J connectivity index is 1.55. The van der Waals surface area contributed by atoms with Crippen molar-refractivity contribution in [2.45, 2.75) is 57.8 Å². The smallest absolute Gasteiger partial charge is 0.386 e. The topological polar surface area (TPSA) is 364 Å². The molecule has 7 atom stereocenters. The maximum atomic E-state index is 12.6.